The zero-order valence-electron chi connectivity index (χ0n) is 10.9. The van der Waals surface area contributed by atoms with Crippen LogP contribution in [0.4, 0.5) is 11.4 Å². The van der Waals surface area contributed by atoms with E-state index < -0.39 is 4.92 Å². The number of nitro benzene ring substituents is 1. The van der Waals surface area contributed by atoms with E-state index in [9.17, 15) is 15.2 Å². The third-order valence-corrected chi connectivity index (χ3v) is 2.82. The van der Waals surface area contributed by atoms with Crippen LogP contribution in [0, 0.1) is 10.1 Å². The van der Waals surface area contributed by atoms with Crippen LogP contribution in [-0.4, -0.2) is 17.1 Å². The summed E-state index contributed by atoms with van der Waals surface area (Å²) in [6.45, 7) is 0.411. The first-order valence-corrected chi connectivity index (χ1v) is 5.94. The Bertz CT molecular complexity index is 611. The minimum absolute atomic E-state index is 0.00965. The molecule has 0 amide bonds. The van der Waals surface area contributed by atoms with E-state index in [2.05, 4.69) is 5.32 Å². The molecule has 0 aliphatic rings. The summed E-state index contributed by atoms with van der Waals surface area (Å²) in [4.78, 5) is 10.5. The van der Waals surface area contributed by atoms with E-state index in [0.29, 0.717) is 18.0 Å². The second kappa shape index (κ2) is 5.92. The highest BCUT2D eigenvalue weighted by Crippen LogP contribution is 2.29. The number of nitrogens with one attached hydrogen (secondary N) is 1. The standard InChI is InChI=1S/C14H14N2O4/c1-20-12-6-7-14(16(18)19)13(8-12)15-9-10-2-4-11(17)5-3-10/h2-8,15,17H,9H2,1H3. The van der Waals surface area contributed by atoms with E-state index in [0.717, 1.165) is 5.56 Å². The third-order valence-electron chi connectivity index (χ3n) is 2.82. The van der Waals surface area contributed by atoms with Crippen molar-refractivity contribution in [2.45, 2.75) is 6.54 Å². The van der Waals surface area contributed by atoms with Gasteiger partial charge in [0, 0.05) is 18.7 Å². The Morgan fingerprint density at radius 1 is 1.25 bits per heavy atom. The molecule has 104 valence electrons. The van der Waals surface area contributed by atoms with Crippen molar-refractivity contribution in [3.05, 3.63) is 58.1 Å². The van der Waals surface area contributed by atoms with Crippen LogP contribution in [-0.2, 0) is 6.54 Å². The van der Waals surface area contributed by atoms with Gasteiger partial charge in [0.15, 0.2) is 0 Å². The SMILES string of the molecule is COc1ccc([N+](=O)[O-])c(NCc2ccc(O)cc2)c1. The van der Waals surface area contributed by atoms with Gasteiger partial charge in [-0.15, -0.1) is 0 Å². The van der Waals surface area contributed by atoms with Crippen LogP contribution in [0.3, 0.4) is 0 Å². The number of phenolic OH excluding ortho intramolecular Hbond substituents is 1. The predicted octanol–water partition coefficient (Wildman–Crippen LogP) is 2.92. The molecule has 2 rings (SSSR count). The molecule has 0 atom stereocenters. The molecule has 0 fully saturated rings. The summed E-state index contributed by atoms with van der Waals surface area (Å²) < 4.78 is 5.06. The number of nitro groups is 1. The lowest BCUT2D eigenvalue weighted by atomic mass is 10.2. The van der Waals surface area contributed by atoms with Crippen LogP contribution in [0.2, 0.25) is 0 Å². The first-order valence-electron chi connectivity index (χ1n) is 5.94. The molecule has 0 heterocycles. The number of nitrogens with zero attached hydrogens (tertiary/aromatic N) is 1. The van der Waals surface area contributed by atoms with Gasteiger partial charge in [0.1, 0.15) is 17.2 Å². The van der Waals surface area contributed by atoms with E-state index in [4.69, 9.17) is 4.74 Å². The number of rotatable bonds is 5. The zero-order chi connectivity index (χ0) is 14.5. The molecular formula is C14H14N2O4. The summed E-state index contributed by atoms with van der Waals surface area (Å²) in [5, 5.41) is 23.2. The Morgan fingerprint density at radius 2 is 1.95 bits per heavy atom. The average Bonchev–Trinajstić information content (AvgIpc) is 2.46. The Balaban J connectivity index is 2.18. The van der Waals surface area contributed by atoms with Crippen molar-refractivity contribution in [1.29, 1.82) is 0 Å². The summed E-state index contributed by atoms with van der Waals surface area (Å²) in [6.07, 6.45) is 0. The van der Waals surface area contributed by atoms with Crippen molar-refractivity contribution < 1.29 is 14.8 Å². The molecule has 0 aliphatic carbocycles. The fourth-order valence-electron chi connectivity index (χ4n) is 1.75. The molecule has 0 unspecified atom stereocenters. The lowest BCUT2D eigenvalue weighted by molar-refractivity contribution is -0.384. The van der Waals surface area contributed by atoms with Gasteiger partial charge in [0.05, 0.1) is 12.0 Å². The highest BCUT2D eigenvalue weighted by atomic mass is 16.6. The molecule has 20 heavy (non-hydrogen) atoms. The van der Waals surface area contributed by atoms with Crippen LogP contribution in [0.5, 0.6) is 11.5 Å². The van der Waals surface area contributed by atoms with Gasteiger partial charge in [-0.3, -0.25) is 10.1 Å². The van der Waals surface area contributed by atoms with Gasteiger partial charge < -0.3 is 15.2 Å². The molecule has 0 saturated carbocycles. The number of aromatic hydroxyl groups is 1. The molecule has 0 aromatic heterocycles. The summed E-state index contributed by atoms with van der Waals surface area (Å²) >= 11 is 0. The molecule has 2 aromatic rings. The number of phenols is 1. The maximum absolute atomic E-state index is 11.0. The smallest absolute Gasteiger partial charge is 0.292 e. The van der Waals surface area contributed by atoms with Crippen molar-refractivity contribution >= 4 is 11.4 Å². The van der Waals surface area contributed by atoms with Crippen LogP contribution >= 0.6 is 0 Å². The third kappa shape index (κ3) is 3.17. The maximum atomic E-state index is 11.0. The largest absolute Gasteiger partial charge is 0.508 e. The molecule has 2 aromatic carbocycles. The molecule has 0 spiro atoms. The van der Waals surface area contributed by atoms with Crippen molar-refractivity contribution in [3.63, 3.8) is 0 Å². The average molecular weight is 274 g/mol. The number of benzene rings is 2. The number of hydrogen-bond donors (Lipinski definition) is 2. The second-order valence-electron chi connectivity index (χ2n) is 4.16. The summed E-state index contributed by atoms with van der Waals surface area (Å²) in [5.74, 6) is 0.727. The van der Waals surface area contributed by atoms with Crippen LogP contribution in [0.25, 0.3) is 0 Å². The van der Waals surface area contributed by atoms with Gasteiger partial charge in [0.2, 0.25) is 0 Å². The van der Waals surface area contributed by atoms with Gasteiger partial charge in [0.25, 0.3) is 5.69 Å². The summed E-state index contributed by atoms with van der Waals surface area (Å²) in [7, 11) is 1.50. The van der Waals surface area contributed by atoms with Crippen molar-refractivity contribution in [3.8, 4) is 11.5 Å². The first-order chi connectivity index (χ1) is 9.60. The highest BCUT2D eigenvalue weighted by molar-refractivity contribution is 5.64. The quantitative estimate of drug-likeness (QED) is 0.646. The Hall–Kier alpha value is -2.76. The fraction of sp³-hybridized carbons (Fsp3) is 0.143. The molecule has 0 bridgehead atoms. The van der Waals surface area contributed by atoms with Gasteiger partial charge in [-0.05, 0) is 23.8 Å². The Kier molecular flexibility index (Phi) is 4.05. The molecule has 0 radical (unpaired) electrons. The fourth-order valence-corrected chi connectivity index (χ4v) is 1.75. The lowest BCUT2D eigenvalue weighted by Gasteiger charge is -2.09. The number of anilines is 1. The van der Waals surface area contributed by atoms with Gasteiger partial charge in [-0.1, -0.05) is 12.1 Å². The van der Waals surface area contributed by atoms with E-state index in [1.807, 2.05) is 0 Å². The minimum Gasteiger partial charge on any atom is -0.508 e. The number of ether oxygens (including phenoxy) is 1. The summed E-state index contributed by atoms with van der Waals surface area (Å²) in [5.41, 5.74) is 1.28. The van der Waals surface area contributed by atoms with E-state index in [1.165, 1.54) is 13.2 Å². The minimum atomic E-state index is -0.446. The Labute approximate surface area is 115 Å². The van der Waals surface area contributed by atoms with Gasteiger partial charge >= 0.3 is 0 Å². The topological polar surface area (TPSA) is 84.6 Å². The van der Waals surface area contributed by atoms with Crippen LogP contribution in [0.1, 0.15) is 5.56 Å². The van der Waals surface area contributed by atoms with E-state index in [1.54, 1.807) is 36.4 Å². The molecule has 2 N–H and O–H groups in total. The van der Waals surface area contributed by atoms with Crippen LogP contribution < -0.4 is 10.1 Å². The lowest BCUT2D eigenvalue weighted by Crippen LogP contribution is -2.03. The zero-order valence-corrected chi connectivity index (χ0v) is 10.9. The first kappa shape index (κ1) is 13.7. The van der Waals surface area contributed by atoms with Gasteiger partial charge in [-0.2, -0.15) is 0 Å². The second-order valence-corrected chi connectivity index (χ2v) is 4.16. The normalized spacial score (nSPS) is 10.1. The Morgan fingerprint density at radius 3 is 2.55 bits per heavy atom. The molecule has 6 heteroatoms. The maximum Gasteiger partial charge on any atom is 0.292 e. The molecule has 6 nitrogen and oxygen atoms in total. The van der Waals surface area contributed by atoms with Crippen molar-refractivity contribution in [2.24, 2.45) is 0 Å². The van der Waals surface area contributed by atoms with Crippen molar-refractivity contribution in [2.75, 3.05) is 12.4 Å². The highest BCUT2D eigenvalue weighted by Gasteiger charge is 2.14. The molecular weight excluding hydrogens is 260 g/mol. The predicted molar refractivity (Wildman–Crippen MR) is 75.1 cm³/mol. The monoisotopic (exact) mass is 274 g/mol. The molecule has 0 saturated heterocycles. The number of hydrogen-bond acceptors (Lipinski definition) is 5. The van der Waals surface area contributed by atoms with Crippen molar-refractivity contribution in [1.82, 2.24) is 0 Å². The molecule has 0 aliphatic heterocycles. The number of methoxy groups -OCH3 is 1. The van der Waals surface area contributed by atoms with E-state index >= 15 is 0 Å². The van der Waals surface area contributed by atoms with Gasteiger partial charge in [-0.25, -0.2) is 0 Å². The van der Waals surface area contributed by atoms with E-state index in [-0.39, 0.29) is 11.4 Å². The summed E-state index contributed by atoms with van der Waals surface area (Å²) in [6, 6.07) is 11.1. The van der Waals surface area contributed by atoms with Crippen LogP contribution in [0.15, 0.2) is 42.5 Å².